The number of halogens is 1. The topological polar surface area (TPSA) is 33.2 Å². The van der Waals surface area contributed by atoms with Crippen LogP contribution in [0.4, 0.5) is 0 Å². The van der Waals surface area contributed by atoms with Crippen molar-refractivity contribution in [3.63, 3.8) is 0 Å². The Morgan fingerprint density at radius 3 is 2.57 bits per heavy atom. The molecule has 1 aromatic carbocycles. The summed E-state index contributed by atoms with van der Waals surface area (Å²) < 4.78 is 0. The van der Waals surface area contributed by atoms with Gasteiger partial charge in [-0.1, -0.05) is 23.7 Å². The van der Waals surface area contributed by atoms with Crippen LogP contribution in [0.25, 0.3) is 0 Å². The molecule has 0 N–H and O–H groups in total. The van der Waals surface area contributed by atoms with Crippen LogP contribution in [0.3, 0.4) is 0 Å². The van der Waals surface area contributed by atoms with Crippen LogP contribution < -0.4 is 0 Å². The number of carbonyl (C=O) groups excluding carboxylic acids is 1. The number of piperidine rings is 1. The minimum Gasteiger partial charge on any atom is -0.338 e. The van der Waals surface area contributed by atoms with E-state index in [1.165, 1.54) is 5.56 Å². The first-order valence-electron chi connectivity index (χ1n) is 7.19. The van der Waals surface area contributed by atoms with Crippen LogP contribution in [0.15, 0.2) is 48.8 Å². The van der Waals surface area contributed by atoms with E-state index in [1.54, 1.807) is 24.5 Å². The molecule has 3 nitrogen and oxygen atoms in total. The first kappa shape index (κ1) is 14.1. The second-order valence-corrected chi connectivity index (χ2v) is 5.81. The molecular weight excluding hydrogens is 284 g/mol. The van der Waals surface area contributed by atoms with Gasteiger partial charge in [-0.3, -0.25) is 9.78 Å². The molecule has 2 heterocycles. The number of pyridine rings is 1. The minimum absolute atomic E-state index is 0.0936. The molecule has 0 radical (unpaired) electrons. The molecule has 0 bridgehead atoms. The number of carbonyl (C=O) groups is 1. The van der Waals surface area contributed by atoms with Gasteiger partial charge < -0.3 is 4.90 Å². The summed E-state index contributed by atoms with van der Waals surface area (Å²) >= 11 is 5.94. The fourth-order valence-corrected chi connectivity index (χ4v) is 2.97. The third-order valence-electron chi connectivity index (χ3n) is 3.98. The third-order valence-corrected chi connectivity index (χ3v) is 4.23. The van der Waals surface area contributed by atoms with Gasteiger partial charge >= 0.3 is 0 Å². The molecule has 4 heteroatoms. The van der Waals surface area contributed by atoms with Crippen molar-refractivity contribution in [1.29, 1.82) is 0 Å². The van der Waals surface area contributed by atoms with Crippen LogP contribution in [0.1, 0.15) is 34.7 Å². The number of nitrogens with zero attached hydrogens (tertiary/aromatic N) is 2. The van der Waals surface area contributed by atoms with Crippen LogP contribution >= 0.6 is 11.6 Å². The highest BCUT2D eigenvalue weighted by Gasteiger charge is 2.25. The normalized spacial score (nSPS) is 18.5. The molecule has 2 aromatic rings. The number of aromatic nitrogens is 1. The second-order valence-electron chi connectivity index (χ2n) is 5.38. The quantitative estimate of drug-likeness (QED) is 0.846. The van der Waals surface area contributed by atoms with E-state index in [0.717, 1.165) is 31.0 Å². The molecule has 0 spiro atoms. The van der Waals surface area contributed by atoms with Crippen molar-refractivity contribution in [2.24, 2.45) is 0 Å². The Hall–Kier alpha value is -1.87. The Morgan fingerprint density at radius 2 is 1.86 bits per heavy atom. The fourth-order valence-electron chi connectivity index (χ4n) is 2.85. The van der Waals surface area contributed by atoms with Crippen molar-refractivity contribution in [2.45, 2.75) is 18.8 Å². The van der Waals surface area contributed by atoms with Gasteiger partial charge in [-0.2, -0.15) is 0 Å². The highest BCUT2D eigenvalue weighted by atomic mass is 35.5. The zero-order valence-electron chi connectivity index (χ0n) is 11.7. The maximum atomic E-state index is 12.5. The minimum atomic E-state index is 0.0936. The smallest absolute Gasteiger partial charge is 0.253 e. The highest BCUT2D eigenvalue weighted by Crippen LogP contribution is 2.28. The zero-order valence-corrected chi connectivity index (χ0v) is 12.5. The highest BCUT2D eigenvalue weighted by molar-refractivity contribution is 6.30. The number of hydrogen-bond donors (Lipinski definition) is 0. The Morgan fingerprint density at radius 1 is 1.14 bits per heavy atom. The summed E-state index contributed by atoms with van der Waals surface area (Å²) in [6, 6.07) is 11.5. The van der Waals surface area contributed by atoms with Gasteiger partial charge in [-0.15, -0.1) is 0 Å². The summed E-state index contributed by atoms with van der Waals surface area (Å²) in [6.45, 7) is 1.59. The number of amides is 1. The molecular formula is C17H17ClN2O. The maximum absolute atomic E-state index is 12.5. The van der Waals surface area contributed by atoms with Crippen molar-refractivity contribution < 1.29 is 4.79 Å². The Kier molecular flexibility index (Phi) is 4.20. The van der Waals surface area contributed by atoms with Gasteiger partial charge in [0.25, 0.3) is 5.91 Å². The third kappa shape index (κ3) is 3.24. The van der Waals surface area contributed by atoms with Gasteiger partial charge in [0, 0.05) is 42.0 Å². The van der Waals surface area contributed by atoms with E-state index >= 15 is 0 Å². The largest absolute Gasteiger partial charge is 0.338 e. The molecule has 1 fully saturated rings. The van der Waals surface area contributed by atoms with Gasteiger partial charge in [0.2, 0.25) is 0 Å². The lowest BCUT2D eigenvalue weighted by Gasteiger charge is -2.33. The molecule has 1 atom stereocenters. The van der Waals surface area contributed by atoms with Gasteiger partial charge in [-0.25, -0.2) is 0 Å². The van der Waals surface area contributed by atoms with Gasteiger partial charge in [0.15, 0.2) is 0 Å². The van der Waals surface area contributed by atoms with Crippen LogP contribution in [-0.4, -0.2) is 28.9 Å². The predicted octanol–water partition coefficient (Wildman–Crippen LogP) is 3.75. The second kappa shape index (κ2) is 6.27. The van der Waals surface area contributed by atoms with E-state index in [-0.39, 0.29) is 5.91 Å². The summed E-state index contributed by atoms with van der Waals surface area (Å²) in [5, 5.41) is 0.749. The average Bonchev–Trinajstić information content (AvgIpc) is 2.56. The summed E-state index contributed by atoms with van der Waals surface area (Å²) in [5.74, 6) is 0.484. The van der Waals surface area contributed by atoms with Crippen LogP contribution in [0.2, 0.25) is 5.02 Å². The average molecular weight is 301 g/mol. The number of likely N-dealkylation sites (tertiary alicyclic amines) is 1. The van der Waals surface area contributed by atoms with E-state index < -0.39 is 0 Å². The summed E-state index contributed by atoms with van der Waals surface area (Å²) in [7, 11) is 0. The number of rotatable bonds is 2. The van der Waals surface area contributed by atoms with Crippen LogP contribution in [0, 0.1) is 0 Å². The molecule has 1 aromatic heterocycles. The molecule has 0 unspecified atom stereocenters. The zero-order chi connectivity index (χ0) is 14.7. The molecule has 1 amide bonds. The Balaban J connectivity index is 1.74. The van der Waals surface area contributed by atoms with Gasteiger partial charge in [-0.05, 0) is 42.7 Å². The lowest BCUT2D eigenvalue weighted by Crippen LogP contribution is -2.39. The molecule has 1 saturated heterocycles. The van der Waals surface area contributed by atoms with Crippen molar-refractivity contribution in [2.75, 3.05) is 13.1 Å². The standard InChI is InChI=1S/C17H17ClN2O/c18-16-5-3-13(4-6-16)15-2-1-11-20(12-15)17(21)14-7-9-19-10-8-14/h3-10,15H,1-2,11-12H2/t15-/m1/s1. The van der Waals surface area contributed by atoms with Crippen LogP contribution in [0.5, 0.6) is 0 Å². The molecule has 0 aliphatic carbocycles. The molecule has 1 aliphatic heterocycles. The van der Waals surface area contributed by atoms with Crippen molar-refractivity contribution >= 4 is 17.5 Å². The van der Waals surface area contributed by atoms with Gasteiger partial charge in [0.05, 0.1) is 0 Å². The molecule has 3 rings (SSSR count). The fraction of sp³-hybridized carbons (Fsp3) is 0.294. The first-order chi connectivity index (χ1) is 10.2. The Bertz CT molecular complexity index is 612. The van der Waals surface area contributed by atoms with Crippen molar-refractivity contribution in [3.05, 3.63) is 64.9 Å². The van der Waals surface area contributed by atoms with E-state index in [4.69, 9.17) is 11.6 Å². The van der Waals surface area contributed by atoms with E-state index in [0.29, 0.717) is 11.5 Å². The van der Waals surface area contributed by atoms with Crippen LogP contribution in [-0.2, 0) is 0 Å². The summed E-state index contributed by atoms with van der Waals surface area (Å²) in [6.07, 6.45) is 5.47. The predicted molar refractivity (Wildman–Crippen MR) is 83.6 cm³/mol. The van der Waals surface area contributed by atoms with E-state index in [1.807, 2.05) is 17.0 Å². The van der Waals surface area contributed by atoms with E-state index in [2.05, 4.69) is 17.1 Å². The maximum Gasteiger partial charge on any atom is 0.253 e. The first-order valence-corrected chi connectivity index (χ1v) is 7.56. The molecule has 108 valence electrons. The lowest BCUT2D eigenvalue weighted by molar-refractivity contribution is 0.0707. The Labute approximate surface area is 129 Å². The number of benzene rings is 1. The summed E-state index contributed by atoms with van der Waals surface area (Å²) in [4.78, 5) is 18.4. The van der Waals surface area contributed by atoms with Crippen molar-refractivity contribution in [3.8, 4) is 0 Å². The number of hydrogen-bond acceptors (Lipinski definition) is 2. The molecule has 0 saturated carbocycles. The summed E-state index contributed by atoms with van der Waals surface area (Å²) in [5.41, 5.74) is 1.97. The monoisotopic (exact) mass is 300 g/mol. The van der Waals surface area contributed by atoms with Crippen molar-refractivity contribution in [1.82, 2.24) is 9.88 Å². The van der Waals surface area contributed by atoms with E-state index in [9.17, 15) is 4.79 Å². The molecule has 21 heavy (non-hydrogen) atoms. The molecule has 1 aliphatic rings. The van der Waals surface area contributed by atoms with Gasteiger partial charge in [0.1, 0.15) is 0 Å². The lowest BCUT2D eigenvalue weighted by atomic mass is 9.90. The SMILES string of the molecule is O=C(c1ccncc1)N1CCC[C@@H](c2ccc(Cl)cc2)C1.